The third kappa shape index (κ3) is 6.25. The van der Waals surface area contributed by atoms with E-state index in [9.17, 15) is 9.59 Å². The first kappa shape index (κ1) is 24.6. The molecule has 2 N–H and O–H groups in total. The summed E-state index contributed by atoms with van der Waals surface area (Å²) < 4.78 is 2.81. The lowest BCUT2D eigenvalue weighted by molar-refractivity contribution is -0.113. The van der Waals surface area contributed by atoms with Crippen molar-refractivity contribution in [3.8, 4) is 0 Å². The number of carbonyl (C=O) groups excluding carboxylic acids is 2. The molecule has 0 unspecified atom stereocenters. The average molecular weight is 557 g/mol. The summed E-state index contributed by atoms with van der Waals surface area (Å²) >= 11 is 16.7. The predicted molar refractivity (Wildman–Crippen MR) is 132 cm³/mol. The molecule has 0 spiro atoms. The predicted octanol–water partition coefficient (Wildman–Crippen LogP) is 5.59. The molecule has 0 aliphatic heterocycles. The number of aromatic nitrogens is 3. The molecule has 0 radical (unpaired) electrons. The Bertz CT molecular complexity index is 1120. The molecule has 3 rings (SSSR count). The van der Waals surface area contributed by atoms with Crippen LogP contribution in [-0.4, -0.2) is 32.3 Å². The molecule has 11 heteroatoms. The number of carbonyl (C=O) groups is 2. The molecule has 0 aliphatic rings. The SMILES string of the molecule is CCn1c(SCC(=O)Nc2ccc(Br)cc2)nnc1[C@H](C)NC(=O)c1ccc(Cl)cc1Cl. The standard InChI is InChI=1S/C21H20BrCl2N5O2S/c1-3-29-19(12(2)25-20(31)16-9-6-14(23)10-17(16)24)27-28-21(29)32-11-18(30)26-15-7-4-13(22)5-8-15/h4-10,12H,3,11H2,1-2H3,(H,25,31)(H,26,30)/t12-/m0/s1. The van der Waals surface area contributed by atoms with E-state index in [1.165, 1.54) is 17.8 Å². The molecule has 0 saturated heterocycles. The highest BCUT2D eigenvalue weighted by Gasteiger charge is 2.21. The van der Waals surface area contributed by atoms with E-state index >= 15 is 0 Å². The van der Waals surface area contributed by atoms with Gasteiger partial charge in [-0.3, -0.25) is 9.59 Å². The summed E-state index contributed by atoms with van der Waals surface area (Å²) in [5.74, 6) is 0.271. The van der Waals surface area contributed by atoms with E-state index in [0.717, 1.165) is 4.47 Å². The topological polar surface area (TPSA) is 88.9 Å². The van der Waals surface area contributed by atoms with Crippen molar-refractivity contribution in [3.63, 3.8) is 0 Å². The van der Waals surface area contributed by atoms with Gasteiger partial charge < -0.3 is 15.2 Å². The van der Waals surface area contributed by atoms with Gasteiger partial charge in [-0.2, -0.15) is 0 Å². The van der Waals surface area contributed by atoms with Crippen LogP contribution < -0.4 is 10.6 Å². The van der Waals surface area contributed by atoms with Crippen molar-refractivity contribution < 1.29 is 9.59 Å². The summed E-state index contributed by atoms with van der Waals surface area (Å²) in [6, 6.07) is 11.6. The van der Waals surface area contributed by atoms with E-state index < -0.39 is 6.04 Å². The van der Waals surface area contributed by atoms with Gasteiger partial charge in [0.25, 0.3) is 5.91 Å². The zero-order chi connectivity index (χ0) is 23.3. The van der Waals surface area contributed by atoms with Crippen molar-refractivity contribution in [2.75, 3.05) is 11.1 Å². The molecule has 32 heavy (non-hydrogen) atoms. The molecule has 1 aromatic heterocycles. The zero-order valence-corrected chi connectivity index (χ0v) is 21.1. The normalized spacial score (nSPS) is 11.8. The van der Waals surface area contributed by atoms with E-state index in [1.54, 1.807) is 12.1 Å². The fourth-order valence-corrected chi connectivity index (χ4v) is 4.47. The second-order valence-corrected chi connectivity index (χ2v) is 9.45. The van der Waals surface area contributed by atoms with Gasteiger partial charge in [-0.25, -0.2) is 0 Å². The quantitative estimate of drug-likeness (QED) is 0.353. The van der Waals surface area contributed by atoms with Crippen molar-refractivity contribution in [3.05, 3.63) is 68.4 Å². The number of benzene rings is 2. The van der Waals surface area contributed by atoms with Crippen LogP contribution in [0.4, 0.5) is 5.69 Å². The Hall–Kier alpha value is -2.07. The van der Waals surface area contributed by atoms with Gasteiger partial charge in [0.1, 0.15) is 0 Å². The number of halogens is 3. The summed E-state index contributed by atoms with van der Waals surface area (Å²) in [6.45, 7) is 4.34. The highest BCUT2D eigenvalue weighted by atomic mass is 79.9. The van der Waals surface area contributed by atoms with Gasteiger partial charge in [0.2, 0.25) is 5.91 Å². The number of nitrogens with zero attached hydrogens (tertiary/aromatic N) is 3. The second-order valence-electron chi connectivity index (χ2n) is 6.75. The van der Waals surface area contributed by atoms with E-state index in [1.807, 2.05) is 42.7 Å². The molecule has 2 amide bonds. The van der Waals surface area contributed by atoms with Crippen LogP contribution in [0.1, 0.15) is 36.1 Å². The Morgan fingerprint density at radius 1 is 1.16 bits per heavy atom. The average Bonchev–Trinajstić information content (AvgIpc) is 3.17. The molecule has 7 nitrogen and oxygen atoms in total. The molecule has 0 fully saturated rings. The number of anilines is 1. The van der Waals surface area contributed by atoms with Gasteiger partial charge in [-0.1, -0.05) is 50.9 Å². The van der Waals surface area contributed by atoms with Crippen molar-refractivity contribution >= 4 is 68.4 Å². The molecule has 3 aromatic rings. The van der Waals surface area contributed by atoms with E-state index in [4.69, 9.17) is 23.2 Å². The fourth-order valence-electron chi connectivity index (χ4n) is 2.90. The largest absolute Gasteiger partial charge is 0.342 e. The Morgan fingerprint density at radius 3 is 2.53 bits per heavy atom. The third-order valence-electron chi connectivity index (χ3n) is 4.43. The monoisotopic (exact) mass is 555 g/mol. The molecule has 2 aromatic carbocycles. The number of hydrogen-bond donors (Lipinski definition) is 2. The Morgan fingerprint density at radius 2 is 1.88 bits per heavy atom. The molecule has 0 aliphatic carbocycles. The minimum atomic E-state index is -0.423. The molecule has 1 atom stereocenters. The molecular formula is C21H20BrCl2N5O2S. The minimum Gasteiger partial charge on any atom is -0.342 e. The first-order valence-electron chi connectivity index (χ1n) is 9.65. The summed E-state index contributed by atoms with van der Waals surface area (Å²) in [4.78, 5) is 24.9. The minimum absolute atomic E-state index is 0.150. The molecule has 168 valence electrons. The van der Waals surface area contributed by atoms with Crippen molar-refractivity contribution in [1.82, 2.24) is 20.1 Å². The lowest BCUT2D eigenvalue weighted by Gasteiger charge is -2.15. The van der Waals surface area contributed by atoms with Crippen LogP contribution in [0.3, 0.4) is 0 Å². The molecule has 0 bridgehead atoms. The van der Waals surface area contributed by atoms with Crippen LogP contribution in [0.5, 0.6) is 0 Å². The number of hydrogen-bond acceptors (Lipinski definition) is 5. The fraction of sp³-hybridized carbons (Fsp3) is 0.238. The second kappa shape index (κ2) is 11.2. The lowest BCUT2D eigenvalue weighted by Crippen LogP contribution is -2.29. The van der Waals surface area contributed by atoms with E-state index in [2.05, 4.69) is 36.8 Å². The summed E-state index contributed by atoms with van der Waals surface area (Å²) in [5, 5.41) is 15.5. The highest BCUT2D eigenvalue weighted by molar-refractivity contribution is 9.10. The van der Waals surface area contributed by atoms with Crippen LogP contribution in [0, 0.1) is 0 Å². The number of rotatable bonds is 8. The third-order valence-corrected chi connectivity index (χ3v) is 6.48. The maximum absolute atomic E-state index is 12.6. The first-order chi connectivity index (χ1) is 15.3. The summed E-state index contributed by atoms with van der Waals surface area (Å²) in [7, 11) is 0. The van der Waals surface area contributed by atoms with Gasteiger partial charge in [0.05, 0.1) is 22.4 Å². The van der Waals surface area contributed by atoms with Crippen molar-refractivity contribution in [2.24, 2.45) is 0 Å². The number of nitrogens with one attached hydrogen (secondary N) is 2. The summed E-state index contributed by atoms with van der Waals surface area (Å²) in [6.07, 6.45) is 0. The first-order valence-corrected chi connectivity index (χ1v) is 12.2. The van der Waals surface area contributed by atoms with Crippen LogP contribution in [-0.2, 0) is 11.3 Å². The zero-order valence-electron chi connectivity index (χ0n) is 17.2. The van der Waals surface area contributed by atoms with Gasteiger partial charge >= 0.3 is 0 Å². The highest BCUT2D eigenvalue weighted by Crippen LogP contribution is 2.24. The maximum atomic E-state index is 12.6. The molecule has 0 saturated carbocycles. The van der Waals surface area contributed by atoms with E-state index in [0.29, 0.717) is 33.8 Å². The van der Waals surface area contributed by atoms with Crippen LogP contribution in [0.25, 0.3) is 0 Å². The van der Waals surface area contributed by atoms with Crippen molar-refractivity contribution in [1.29, 1.82) is 0 Å². The molecule has 1 heterocycles. The maximum Gasteiger partial charge on any atom is 0.253 e. The van der Waals surface area contributed by atoms with Crippen LogP contribution in [0.2, 0.25) is 10.0 Å². The smallest absolute Gasteiger partial charge is 0.253 e. The van der Waals surface area contributed by atoms with Crippen LogP contribution in [0.15, 0.2) is 52.1 Å². The Kier molecular flexibility index (Phi) is 8.58. The number of thioether (sulfide) groups is 1. The van der Waals surface area contributed by atoms with Gasteiger partial charge in [0, 0.05) is 21.7 Å². The summed E-state index contributed by atoms with van der Waals surface area (Å²) in [5.41, 5.74) is 1.04. The number of amides is 2. The Balaban J connectivity index is 1.63. The molecular weight excluding hydrogens is 537 g/mol. The lowest BCUT2D eigenvalue weighted by atomic mass is 10.2. The van der Waals surface area contributed by atoms with Gasteiger partial charge in [-0.15, -0.1) is 10.2 Å². The van der Waals surface area contributed by atoms with Gasteiger partial charge in [0.15, 0.2) is 11.0 Å². The van der Waals surface area contributed by atoms with Crippen LogP contribution >= 0.6 is 50.9 Å². The van der Waals surface area contributed by atoms with Crippen molar-refractivity contribution in [2.45, 2.75) is 31.6 Å². The van der Waals surface area contributed by atoms with E-state index in [-0.39, 0.29) is 22.6 Å². The Labute approximate surface area is 208 Å². The van der Waals surface area contributed by atoms with Gasteiger partial charge in [-0.05, 0) is 56.3 Å².